The molecule has 0 fully saturated rings. The number of oxime groups is 1. The molecule has 0 aliphatic rings. The number of hydrogen-bond donors (Lipinski definition) is 3. The van der Waals surface area contributed by atoms with E-state index < -0.39 is 0 Å². The van der Waals surface area contributed by atoms with E-state index in [1.807, 2.05) is 18.9 Å². The topological polar surface area (TPSA) is 82.1 Å². The van der Waals surface area contributed by atoms with Gasteiger partial charge in [0, 0.05) is 6.61 Å². The second kappa shape index (κ2) is 7.58. The van der Waals surface area contributed by atoms with Crippen LogP contribution < -0.4 is 5.73 Å². The Labute approximate surface area is 85.2 Å². The molecule has 4 N–H and O–H groups in total. The van der Waals surface area contributed by atoms with Crippen LogP contribution in [-0.4, -0.2) is 47.3 Å². The lowest BCUT2D eigenvalue weighted by Crippen LogP contribution is -2.40. The van der Waals surface area contributed by atoms with E-state index in [9.17, 15) is 0 Å². The summed E-state index contributed by atoms with van der Waals surface area (Å²) < 4.78 is 0. The number of hydrogen-bond acceptors (Lipinski definition) is 4. The Morgan fingerprint density at radius 3 is 2.57 bits per heavy atom. The van der Waals surface area contributed by atoms with Crippen LogP contribution in [0.1, 0.15) is 26.2 Å². The molecule has 5 heteroatoms. The molecule has 0 spiro atoms. The summed E-state index contributed by atoms with van der Waals surface area (Å²) in [5.41, 5.74) is 5.47. The van der Waals surface area contributed by atoms with Crippen molar-refractivity contribution in [1.29, 1.82) is 0 Å². The Balaban J connectivity index is 3.67. The zero-order chi connectivity index (χ0) is 11.0. The molecular weight excluding hydrogens is 182 g/mol. The van der Waals surface area contributed by atoms with Gasteiger partial charge in [0.15, 0.2) is 5.84 Å². The van der Waals surface area contributed by atoms with Gasteiger partial charge in [-0.15, -0.1) is 0 Å². The van der Waals surface area contributed by atoms with E-state index in [0.29, 0.717) is 0 Å². The average Bonchev–Trinajstić information content (AvgIpc) is 2.21. The molecular formula is C9H21N3O2. The minimum Gasteiger partial charge on any atom is -0.409 e. The first-order valence-corrected chi connectivity index (χ1v) is 4.92. The number of rotatable bonds is 7. The van der Waals surface area contributed by atoms with E-state index >= 15 is 0 Å². The number of nitrogens with two attached hydrogens (primary N) is 1. The third-order valence-electron chi connectivity index (χ3n) is 2.37. The smallest absolute Gasteiger partial charge is 0.156 e. The van der Waals surface area contributed by atoms with E-state index in [2.05, 4.69) is 5.16 Å². The summed E-state index contributed by atoms with van der Waals surface area (Å²) in [5.74, 6) is 0.231. The van der Waals surface area contributed by atoms with Gasteiger partial charge in [0.25, 0.3) is 0 Å². The van der Waals surface area contributed by atoms with Crippen molar-refractivity contribution >= 4 is 5.84 Å². The fourth-order valence-electron chi connectivity index (χ4n) is 1.15. The van der Waals surface area contributed by atoms with Gasteiger partial charge in [-0.25, -0.2) is 0 Å². The van der Waals surface area contributed by atoms with Crippen molar-refractivity contribution in [1.82, 2.24) is 4.90 Å². The fourth-order valence-corrected chi connectivity index (χ4v) is 1.15. The van der Waals surface area contributed by atoms with Crippen LogP contribution in [0, 0.1) is 0 Å². The molecule has 0 aromatic rings. The second-order valence-electron chi connectivity index (χ2n) is 3.47. The molecule has 0 heterocycles. The maximum Gasteiger partial charge on any atom is 0.156 e. The lowest BCUT2D eigenvalue weighted by Gasteiger charge is -2.23. The highest BCUT2D eigenvalue weighted by Gasteiger charge is 2.12. The largest absolute Gasteiger partial charge is 0.409 e. The van der Waals surface area contributed by atoms with E-state index in [-0.39, 0.29) is 18.5 Å². The highest BCUT2D eigenvalue weighted by atomic mass is 16.4. The van der Waals surface area contributed by atoms with Crippen LogP contribution in [0.15, 0.2) is 5.16 Å². The number of amidine groups is 1. The van der Waals surface area contributed by atoms with E-state index in [4.69, 9.17) is 16.0 Å². The van der Waals surface area contributed by atoms with Crippen LogP contribution >= 0.6 is 0 Å². The number of nitrogens with zero attached hydrogens (tertiary/aromatic N) is 2. The van der Waals surface area contributed by atoms with Crippen LogP contribution in [0.4, 0.5) is 0 Å². The molecule has 0 aliphatic carbocycles. The van der Waals surface area contributed by atoms with Gasteiger partial charge in [0.1, 0.15) is 0 Å². The van der Waals surface area contributed by atoms with Crippen LogP contribution in [-0.2, 0) is 0 Å². The van der Waals surface area contributed by atoms with Crippen LogP contribution in [0.2, 0.25) is 0 Å². The van der Waals surface area contributed by atoms with Gasteiger partial charge in [-0.05, 0) is 39.8 Å². The predicted octanol–water partition coefficient (Wildman–Crippen LogP) is 0.216. The van der Waals surface area contributed by atoms with Crippen molar-refractivity contribution in [3.8, 4) is 0 Å². The molecule has 1 unspecified atom stereocenters. The number of aliphatic hydroxyl groups is 1. The molecule has 84 valence electrons. The highest BCUT2D eigenvalue weighted by molar-refractivity contribution is 5.84. The number of aliphatic hydroxyl groups excluding tert-OH is 1. The standard InChI is InChI=1S/C9H21N3O2/c1-8(9(10)11-14)12(2)6-4-3-5-7-13/h8,13-14H,3-7H2,1-2H3,(H2,10,11). The molecule has 5 nitrogen and oxygen atoms in total. The maximum atomic E-state index is 8.58. The van der Waals surface area contributed by atoms with Crippen LogP contribution in [0.25, 0.3) is 0 Å². The van der Waals surface area contributed by atoms with E-state index in [1.165, 1.54) is 0 Å². The van der Waals surface area contributed by atoms with Gasteiger partial charge in [-0.2, -0.15) is 0 Å². The number of likely N-dealkylation sites (N-methyl/N-ethyl adjacent to an activating group) is 1. The lowest BCUT2D eigenvalue weighted by molar-refractivity contribution is 0.262. The third-order valence-corrected chi connectivity index (χ3v) is 2.37. The van der Waals surface area contributed by atoms with Crippen molar-refractivity contribution in [3.05, 3.63) is 0 Å². The van der Waals surface area contributed by atoms with Crippen LogP contribution in [0.5, 0.6) is 0 Å². The van der Waals surface area contributed by atoms with Gasteiger partial charge >= 0.3 is 0 Å². The van der Waals surface area contributed by atoms with Gasteiger partial charge < -0.3 is 16.0 Å². The van der Waals surface area contributed by atoms with Crippen LogP contribution in [0.3, 0.4) is 0 Å². The van der Waals surface area contributed by atoms with Crippen molar-refractivity contribution in [2.24, 2.45) is 10.9 Å². The first kappa shape index (κ1) is 13.2. The highest BCUT2D eigenvalue weighted by Crippen LogP contribution is 2.01. The fraction of sp³-hybridized carbons (Fsp3) is 0.889. The van der Waals surface area contributed by atoms with E-state index in [0.717, 1.165) is 25.8 Å². The summed E-state index contributed by atoms with van der Waals surface area (Å²) in [4.78, 5) is 2.02. The Bertz CT molecular complexity index is 173. The average molecular weight is 203 g/mol. The Kier molecular flexibility index (Phi) is 7.14. The number of unbranched alkanes of at least 4 members (excludes halogenated alkanes) is 2. The maximum absolute atomic E-state index is 8.58. The molecule has 1 atom stereocenters. The summed E-state index contributed by atoms with van der Waals surface area (Å²) in [6.45, 7) is 3.03. The quantitative estimate of drug-likeness (QED) is 0.182. The summed E-state index contributed by atoms with van der Waals surface area (Å²) in [6.07, 6.45) is 2.86. The normalized spacial score (nSPS) is 14.7. The summed E-state index contributed by atoms with van der Waals surface area (Å²) in [7, 11) is 1.93. The van der Waals surface area contributed by atoms with E-state index in [1.54, 1.807) is 0 Å². The SMILES string of the molecule is CC(C(N)=NO)N(C)CCCCCO. The Morgan fingerprint density at radius 2 is 2.07 bits per heavy atom. The summed E-state index contributed by atoms with van der Waals surface area (Å²) in [6, 6.07) is -0.0471. The molecule has 0 aliphatic heterocycles. The molecule has 0 radical (unpaired) electrons. The zero-order valence-electron chi connectivity index (χ0n) is 8.98. The minimum absolute atomic E-state index is 0.0471. The predicted molar refractivity (Wildman–Crippen MR) is 56.4 cm³/mol. The Morgan fingerprint density at radius 1 is 1.43 bits per heavy atom. The van der Waals surface area contributed by atoms with Gasteiger partial charge in [0.2, 0.25) is 0 Å². The van der Waals surface area contributed by atoms with Gasteiger partial charge in [-0.1, -0.05) is 5.16 Å². The van der Waals surface area contributed by atoms with Gasteiger partial charge in [0.05, 0.1) is 6.04 Å². The molecule has 0 aromatic carbocycles. The minimum atomic E-state index is -0.0471. The molecule has 14 heavy (non-hydrogen) atoms. The molecule has 0 saturated heterocycles. The molecule has 0 bridgehead atoms. The molecule has 0 saturated carbocycles. The first-order chi connectivity index (χ1) is 6.63. The molecule has 0 aromatic heterocycles. The third kappa shape index (κ3) is 5.04. The van der Waals surface area contributed by atoms with Crippen molar-refractivity contribution in [2.45, 2.75) is 32.2 Å². The van der Waals surface area contributed by atoms with Crippen molar-refractivity contribution < 1.29 is 10.3 Å². The lowest BCUT2D eigenvalue weighted by atomic mass is 10.2. The summed E-state index contributed by atoms with van der Waals surface area (Å²) >= 11 is 0. The molecule has 0 amide bonds. The summed E-state index contributed by atoms with van der Waals surface area (Å²) in [5, 5.41) is 20.0. The van der Waals surface area contributed by atoms with Crippen molar-refractivity contribution in [2.75, 3.05) is 20.2 Å². The first-order valence-electron chi connectivity index (χ1n) is 4.92. The van der Waals surface area contributed by atoms with Crippen molar-refractivity contribution in [3.63, 3.8) is 0 Å². The van der Waals surface area contributed by atoms with Gasteiger partial charge in [-0.3, -0.25) is 4.90 Å². The Hall–Kier alpha value is -0.810. The second-order valence-corrected chi connectivity index (χ2v) is 3.47. The monoisotopic (exact) mass is 203 g/mol. The molecule has 0 rings (SSSR count). The zero-order valence-corrected chi connectivity index (χ0v) is 8.98.